The fourth-order valence-electron chi connectivity index (χ4n) is 3.44. The number of fused-ring (bicyclic) bond motifs is 1. The van der Waals surface area contributed by atoms with Gasteiger partial charge in [-0.1, -0.05) is 29.8 Å². The number of benzene rings is 1. The van der Waals surface area contributed by atoms with Gasteiger partial charge in [-0.2, -0.15) is 0 Å². The number of carboxylic acid groups (broad SMARTS) is 1. The Kier molecular flexibility index (Phi) is 7.72. The maximum absolute atomic E-state index is 13.9. The summed E-state index contributed by atoms with van der Waals surface area (Å²) in [6.07, 6.45) is 2.36. The van der Waals surface area contributed by atoms with E-state index in [0.29, 0.717) is 17.7 Å². The monoisotopic (exact) mass is 489 g/mol. The number of hydrogen-bond donors (Lipinski definition) is 4. The van der Waals surface area contributed by atoms with Gasteiger partial charge in [0.15, 0.2) is 11.5 Å². The number of imidazole rings is 1. The predicted octanol–water partition coefficient (Wildman–Crippen LogP) is 3.08. The van der Waals surface area contributed by atoms with Crippen molar-refractivity contribution < 1.29 is 19.2 Å². The molecule has 12 heteroatoms. The average Bonchev–Trinajstić information content (AvgIpc) is 3.16. The van der Waals surface area contributed by atoms with E-state index in [0.717, 1.165) is 11.1 Å². The van der Waals surface area contributed by atoms with Crippen LogP contribution in [0.5, 0.6) is 0 Å². The number of carboxylic acids is 1. The van der Waals surface area contributed by atoms with Crippen LogP contribution in [0.1, 0.15) is 44.9 Å². The number of nitrogens with two attached hydrogens (primary N) is 1. The smallest absolute Gasteiger partial charge is 0.323 e. The molecule has 0 radical (unpaired) electrons. The third-order valence-corrected chi connectivity index (χ3v) is 7.64. The topological polar surface area (TPSA) is 157 Å². The maximum Gasteiger partial charge on any atom is 0.323 e. The largest absolute Gasteiger partial charge is 0.480 e. The molecule has 11 nitrogen and oxygen atoms in total. The maximum atomic E-state index is 13.9. The van der Waals surface area contributed by atoms with Crippen molar-refractivity contribution in [2.75, 3.05) is 12.1 Å². The van der Waals surface area contributed by atoms with Crippen LogP contribution in [0, 0.1) is 6.92 Å². The Bertz CT molecular complexity index is 1200. The van der Waals surface area contributed by atoms with Crippen molar-refractivity contribution in [1.29, 1.82) is 0 Å². The fraction of sp³-hybridized carbons (Fsp3) is 0.455. The van der Waals surface area contributed by atoms with Crippen molar-refractivity contribution in [2.24, 2.45) is 0 Å². The zero-order valence-electron chi connectivity index (χ0n) is 20.0. The molecule has 0 aliphatic carbocycles. The van der Waals surface area contributed by atoms with Crippen molar-refractivity contribution in [1.82, 2.24) is 29.7 Å². The van der Waals surface area contributed by atoms with E-state index in [9.17, 15) is 14.5 Å². The van der Waals surface area contributed by atoms with Crippen molar-refractivity contribution >= 4 is 30.4 Å². The van der Waals surface area contributed by atoms with Gasteiger partial charge in [0.25, 0.3) is 0 Å². The number of nitrogens with zero attached hydrogens (tertiary/aromatic N) is 4. The SMILES string of the molecule is Cc1ccc([C@H](C)NP(=O)(CO[C@H](C)Cn2cnc3c(N)ncnc32)NC(C)(C)C(=O)O)cc1. The Morgan fingerprint density at radius 3 is 2.56 bits per heavy atom. The number of ether oxygens (including phenoxy) is 1. The van der Waals surface area contributed by atoms with E-state index in [1.165, 1.54) is 20.2 Å². The minimum atomic E-state index is -3.50. The number of anilines is 1. The van der Waals surface area contributed by atoms with Gasteiger partial charge < -0.3 is 20.1 Å². The zero-order valence-corrected chi connectivity index (χ0v) is 20.9. The van der Waals surface area contributed by atoms with E-state index in [-0.39, 0.29) is 24.3 Å². The van der Waals surface area contributed by atoms with Crippen LogP contribution in [0.2, 0.25) is 0 Å². The van der Waals surface area contributed by atoms with Crippen molar-refractivity contribution in [3.63, 3.8) is 0 Å². The third-order valence-electron chi connectivity index (χ3n) is 5.40. The molecule has 0 saturated heterocycles. The van der Waals surface area contributed by atoms with Gasteiger partial charge in [0.1, 0.15) is 23.7 Å². The van der Waals surface area contributed by atoms with Crippen LogP contribution >= 0.6 is 7.44 Å². The molecule has 1 unspecified atom stereocenters. The van der Waals surface area contributed by atoms with Crippen LogP contribution < -0.4 is 15.9 Å². The Morgan fingerprint density at radius 2 is 1.91 bits per heavy atom. The highest BCUT2D eigenvalue weighted by Gasteiger charge is 2.37. The Morgan fingerprint density at radius 1 is 1.24 bits per heavy atom. The van der Waals surface area contributed by atoms with Crippen LogP contribution in [0.25, 0.3) is 11.2 Å². The molecule has 3 atom stereocenters. The molecule has 0 saturated carbocycles. The van der Waals surface area contributed by atoms with Gasteiger partial charge in [-0.05, 0) is 40.2 Å². The van der Waals surface area contributed by atoms with Gasteiger partial charge in [-0.15, -0.1) is 0 Å². The fourth-order valence-corrected chi connectivity index (χ4v) is 5.88. The first-order chi connectivity index (χ1) is 15.9. The first-order valence-electron chi connectivity index (χ1n) is 10.9. The molecule has 0 bridgehead atoms. The molecule has 5 N–H and O–H groups in total. The second-order valence-corrected chi connectivity index (χ2v) is 11.2. The lowest BCUT2D eigenvalue weighted by Crippen LogP contribution is -2.47. The summed E-state index contributed by atoms with van der Waals surface area (Å²) >= 11 is 0. The second kappa shape index (κ2) is 10.2. The molecule has 0 amide bonds. The Balaban J connectivity index is 1.74. The number of nitrogen functional groups attached to an aromatic ring is 1. The first-order valence-corrected chi connectivity index (χ1v) is 12.8. The van der Waals surface area contributed by atoms with Gasteiger partial charge in [-0.3, -0.25) is 9.36 Å². The molecule has 3 rings (SSSR count). The Hall–Kier alpha value is -2.85. The van der Waals surface area contributed by atoms with E-state index in [4.69, 9.17) is 10.5 Å². The van der Waals surface area contributed by atoms with E-state index in [1.54, 1.807) is 10.9 Å². The van der Waals surface area contributed by atoms with Gasteiger partial charge in [0.2, 0.25) is 7.44 Å². The molecule has 0 aliphatic heterocycles. The molecule has 0 fully saturated rings. The zero-order chi connectivity index (χ0) is 25.1. The lowest BCUT2D eigenvalue weighted by atomic mass is 10.1. The van der Waals surface area contributed by atoms with Gasteiger partial charge in [0, 0.05) is 6.04 Å². The summed E-state index contributed by atoms with van der Waals surface area (Å²) < 4.78 is 21.6. The van der Waals surface area contributed by atoms with Crippen molar-refractivity contribution in [3.8, 4) is 0 Å². The standard InChI is InChI=1S/C22H32N7O4P/c1-14-6-8-17(9-7-14)16(3)27-34(32,28-22(4,5)21(30)31)13-33-15(2)10-29-12-26-18-19(23)24-11-25-20(18)29/h6-9,11-12,15-16H,10,13H2,1-5H3,(H,30,31)(H2,23,24,25)(H2,27,28,32)/t15-,16+,34?/m1/s1. The molecule has 1 aromatic carbocycles. The highest BCUT2D eigenvalue weighted by atomic mass is 31.2. The summed E-state index contributed by atoms with van der Waals surface area (Å²) in [5, 5.41) is 15.5. The number of aliphatic carboxylic acids is 1. The van der Waals surface area contributed by atoms with Crippen LogP contribution in [-0.4, -0.2) is 48.6 Å². The molecular formula is C22H32N7O4P. The van der Waals surface area contributed by atoms with Gasteiger partial charge in [-0.25, -0.2) is 25.1 Å². The molecule has 0 aliphatic rings. The highest BCUT2D eigenvalue weighted by Crippen LogP contribution is 2.42. The quantitative estimate of drug-likeness (QED) is 0.295. The Labute approximate surface area is 198 Å². The average molecular weight is 490 g/mol. The van der Waals surface area contributed by atoms with Crippen molar-refractivity contribution in [2.45, 2.75) is 58.8 Å². The lowest BCUT2D eigenvalue weighted by molar-refractivity contribution is -0.142. The number of aromatic nitrogens is 4. The molecule has 2 aromatic heterocycles. The lowest BCUT2D eigenvalue weighted by Gasteiger charge is -2.32. The molecule has 2 heterocycles. The van der Waals surface area contributed by atoms with Gasteiger partial charge >= 0.3 is 5.97 Å². The second-order valence-electron chi connectivity index (χ2n) is 8.98. The molecule has 184 valence electrons. The number of nitrogens with one attached hydrogen (secondary N) is 2. The van der Waals surface area contributed by atoms with E-state index >= 15 is 0 Å². The number of hydrogen-bond acceptors (Lipinski definition) is 7. The minimum absolute atomic E-state index is 0.217. The first kappa shape index (κ1) is 25.8. The van der Waals surface area contributed by atoms with Crippen LogP contribution in [0.3, 0.4) is 0 Å². The van der Waals surface area contributed by atoms with Crippen LogP contribution in [0.4, 0.5) is 5.82 Å². The molecular weight excluding hydrogens is 457 g/mol. The summed E-state index contributed by atoms with van der Waals surface area (Å²) in [6.45, 7) is 8.99. The molecule has 3 aromatic rings. The molecule has 0 spiro atoms. The number of carbonyl (C=O) groups is 1. The number of aryl methyl sites for hydroxylation is 1. The van der Waals surface area contributed by atoms with Crippen LogP contribution in [0.15, 0.2) is 36.9 Å². The van der Waals surface area contributed by atoms with E-state index in [2.05, 4.69) is 25.1 Å². The van der Waals surface area contributed by atoms with Crippen molar-refractivity contribution in [3.05, 3.63) is 48.0 Å². The van der Waals surface area contributed by atoms with Gasteiger partial charge in [0.05, 0.1) is 19.0 Å². The number of rotatable bonds is 11. The normalized spacial score (nSPS) is 15.7. The van der Waals surface area contributed by atoms with E-state index < -0.39 is 19.0 Å². The summed E-state index contributed by atoms with van der Waals surface area (Å²) in [4.78, 5) is 24.1. The summed E-state index contributed by atoms with van der Waals surface area (Å²) in [7, 11) is -3.50. The van der Waals surface area contributed by atoms with E-state index in [1.807, 2.05) is 45.0 Å². The third kappa shape index (κ3) is 6.18. The summed E-state index contributed by atoms with van der Waals surface area (Å²) in [6, 6.07) is 7.52. The molecule has 34 heavy (non-hydrogen) atoms. The highest BCUT2D eigenvalue weighted by molar-refractivity contribution is 7.59. The minimum Gasteiger partial charge on any atom is -0.480 e. The predicted molar refractivity (Wildman–Crippen MR) is 130 cm³/mol. The van der Waals surface area contributed by atoms with Crippen LogP contribution in [-0.2, 0) is 20.6 Å². The summed E-state index contributed by atoms with van der Waals surface area (Å²) in [5.74, 6) is -0.830. The summed E-state index contributed by atoms with van der Waals surface area (Å²) in [5.41, 5.74) is 7.52.